The van der Waals surface area contributed by atoms with E-state index in [4.69, 9.17) is 10.00 Å². The van der Waals surface area contributed by atoms with Crippen LogP contribution >= 0.6 is 11.3 Å². The second-order valence-corrected chi connectivity index (χ2v) is 4.43. The molecular weight excluding hydrogens is 234 g/mol. The van der Waals surface area contributed by atoms with E-state index >= 15 is 0 Å². The fraction of sp³-hybridized carbons (Fsp3) is 0.0769. The average Bonchev–Trinajstić information content (AvgIpc) is 2.86. The third kappa shape index (κ3) is 2.19. The molecule has 0 N–H and O–H groups in total. The number of benzene rings is 1. The summed E-state index contributed by atoms with van der Waals surface area (Å²) in [6.07, 6.45) is 0.762. The standard InChI is InChI=1S/C13H9NO2S/c1-16-12-6-9(2-3-10(12)8-15)13-5-4-11(7-14)17-13/h2-6,8H,1H3. The van der Waals surface area contributed by atoms with E-state index in [1.165, 1.54) is 18.4 Å². The molecule has 1 aromatic heterocycles. The van der Waals surface area contributed by atoms with Gasteiger partial charge in [0.05, 0.1) is 12.7 Å². The van der Waals surface area contributed by atoms with Gasteiger partial charge in [0, 0.05) is 4.88 Å². The van der Waals surface area contributed by atoms with E-state index < -0.39 is 0 Å². The number of hydrogen-bond donors (Lipinski definition) is 0. The summed E-state index contributed by atoms with van der Waals surface area (Å²) in [4.78, 5) is 12.4. The minimum absolute atomic E-state index is 0.522. The van der Waals surface area contributed by atoms with E-state index in [1.807, 2.05) is 12.1 Å². The highest BCUT2D eigenvalue weighted by molar-refractivity contribution is 7.16. The summed E-state index contributed by atoms with van der Waals surface area (Å²) in [5.41, 5.74) is 1.47. The lowest BCUT2D eigenvalue weighted by molar-refractivity contribution is 0.112. The minimum Gasteiger partial charge on any atom is -0.496 e. The molecular formula is C13H9NO2S. The first-order chi connectivity index (χ1) is 8.28. The lowest BCUT2D eigenvalue weighted by atomic mass is 10.1. The highest BCUT2D eigenvalue weighted by Gasteiger charge is 2.07. The molecule has 0 spiro atoms. The monoisotopic (exact) mass is 243 g/mol. The third-order valence-electron chi connectivity index (χ3n) is 2.36. The van der Waals surface area contributed by atoms with Gasteiger partial charge in [0.15, 0.2) is 6.29 Å². The van der Waals surface area contributed by atoms with Gasteiger partial charge in [-0.05, 0) is 29.8 Å². The number of methoxy groups -OCH3 is 1. The van der Waals surface area contributed by atoms with Crippen LogP contribution in [0, 0.1) is 11.3 Å². The molecule has 0 aliphatic heterocycles. The molecule has 2 rings (SSSR count). The van der Waals surface area contributed by atoms with Crippen molar-refractivity contribution in [2.45, 2.75) is 0 Å². The first-order valence-corrected chi connectivity index (χ1v) is 5.73. The summed E-state index contributed by atoms with van der Waals surface area (Å²) in [6.45, 7) is 0. The van der Waals surface area contributed by atoms with Gasteiger partial charge in [0.2, 0.25) is 0 Å². The molecule has 0 saturated carbocycles. The van der Waals surface area contributed by atoms with Gasteiger partial charge in [-0.15, -0.1) is 11.3 Å². The van der Waals surface area contributed by atoms with Gasteiger partial charge in [-0.25, -0.2) is 0 Å². The molecule has 0 radical (unpaired) electrons. The number of hydrogen-bond acceptors (Lipinski definition) is 4. The van der Waals surface area contributed by atoms with Crippen LogP contribution in [0.5, 0.6) is 5.75 Å². The van der Waals surface area contributed by atoms with Crippen molar-refractivity contribution >= 4 is 17.6 Å². The Morgan fingerprint density at radius 1 is 1.35 bits per heavy atom. The molecule has 0 saturated heterocycles. The van der Waals surface area contributed by atoms with Crippen LogP contribution in [0.1, 0.15) is 15.2 Å². The number of rotatable bonds is 3. The zero-order chi connectivity index (χ0) is 12.3. The Bertz CT molecular complexity index is 596. The average molecular weight is 243 g/mol. The van der Waals surface area contributed by atoms with E-state index in [0.29, 0.717) is 16.2 Å². The molecule has 84 valence electrons. The molecule has 4 heteroatoms. The van der Waals surface area contributed by atoms with Crippen molar-refractivity contribution in [3.8, 4) is 22.3 Å². The van der Waals surface area contributed by atoms with Gasteiger partial charge in [-0.1, -0.05) is 6.07 Å². The predicted molar refractivity (Wildman–Crippen MR) is 66.4 cm³/mol. The maximum atomic E-state index is 10.8. The normalized spacial score (nSPS) is 9.65. The summed E-state index contributed by atoms with van der Waals surface area (Å²) < 4.78 is 5.14. The van der Waals surface area contributed by atoms with E-state index in [1.54, 1.807) is 18.2 Å². The maximum Gasteiger partial charge on any atom is 0.153 e. The number of thiophene rings is 1. The molecule has 1 heterocycles. The first-order valence-electron chi connectivity index (χ1n) is 4.92. The van der Waals surface area contributed by atoms with Gasteiger partial charge < -0.3 is 4.74 Å². The van der Waals surface area contributed by atoms with Crippen molar-refractivity contribution in [3.63, 3.8) is 0 Å². The number of carbonyl (C=O) groups is 1. The van der Waals surface area contributed by atoms with Gasteiger partial charge in [0.25, 0.3) is 0 Å². The minimum atomic E-state index is 0.522. The molecule has 0 aliphatic carbocycles. The number of ether oxygens (including phenoxy) is 1. The Labute approximate surface area is 103 Å². The van der Waals surface area contributed by atoms with Gasteiger partial charge >= 0.3 is 0 Å². The van der Waals surface area contributed by atoms with Crippen LogP contribution in [-0.2, 0) is 0 Å². The lowest BCUT2D eigenvalue weighted by Crippen LogP contribution is -1.90. The summed E-state index contributed by atoms with van der Waals surface area (Å²) in [5.74, 6) is 0.546. The topological polar surface area (TPSA) is 50.1 Å². The van der Waals surface area contributed by atoms with E-state index in [9.17, 15) is 4.79 Å². The molecule has 3 nitrogen and oxygen atoms in total. The zero-order valence-corrected chi connectivity index (χ0v) is 9.95. The van der Waals surface area contributed by atoms with Crippen LogP contribution in [0.3, 0.4) is 0 Å². The van der Waals surface area contributed by atoms with Crippen molar-refractivity contribution in [3.05, 3.63) is 40.8 Å². The smallest absolute Gasteiger partial charge is 0.153 e. The molecule has 0 aliphatic rings. The van der Waals surface area contributed by atoms with E-state index in [0.717, 1.165) is 16.7 Å². The number of nitriles is 1. The van der Waals surface area contributed by atoms with Crippen LogP contribution in [0.4, 0.5) is 0 Å². The van der Waals surface area contributed by atoms with Crippen molar-refractivity contribution in [2.75, 3.05) is 7.11 Å². The summed E-state index contributed by atoms with van der Waals surface area (Å²) in [5, 5.41) is 8.77. The summed E-state index contributed by atoms with van der Waals surface area (Å²) in [7, 11) is 1.53. The van der Waals surface area contributed by atoms with Crippen LogP contribution in [-0.4, -0.2) is 13.4 Å². The second-order valence-electron chi connectivity index (χ2n) is 3.35. The molecule has 2 aromatic rings. The SMILES string of the molecule is COc1cc(-c2ccc(C#N)s2)ccc1C=O. The molecule has 0 amide bonds. The van der Waals surface area contributed by atoms with Crippen molar-refractivity contribution in [2.24, 2.45) is 0 Å². The Morgan fingerprint density at radius 3 is 2.76 bits per heavy atom. The summed E-state index contributed by atoms with van der Waals surface area (Å²) in [6, 6.07) is 11.1. The second kappa shape index (κ2) is 4.81. The van der Waals surface area contributed by atoms with Crippen LogP contribution in [0.25, 0.3) is 10.4 Å². The van der Waals surface area contributed by atoms with Gasteiger partial charge in [0.1, 0.15) is 16.7 Å². The van der Waals surface area contributed by atoms with Crippen molar-refractivity contribution < 1.29 is 9.53 Å². The Hall–Kier alpha value is -2.12. The largest absolute Gasteiger partial charge is 0.496 e. The lowest BCUT2D eigenvalue weighted by Gasteiger charge is -2.05. The molecule has 0 atom stereocenters. The molecule has 0 fully saturated rings. The van der Waals surface area contributed by atoms with Crippen LogP contribution < -0.4 is 4.74 Å². The zero-order valence-electron chi connectivity index (χ0n) is 9.14. The predicted octanol–water partition coefficient (Wildman–Crippen LogP) is 3.11. The van der Waals surface area contributed by atoms with Gasteiger partial charge in [-0.3, -0.25) is 4.79 Å². The van der Waals surface area contributed by atoms with Crippen molar-refractivity contribution in [1.29, 1.82) is 5.26 Å². The highest BCUT2D eigenvalue weighted by atomic mass is 32.1. The van der Waals surface area contributed by atoms with Crippen LogP contribution in [0.2, 0.25) is 0 Å². The van der Waals surface area contributed by atoms with E-state index in [2.05, 4.69) is 6.07 Å². The molecule has 0 bridgehead atoms. The highest BCUT2D eigenvalue weighted by Crippen LogP contribution is 2.31. The quantitative estimate of drug-likeness (QED) is 0.778. The number of carbonyl (C=O) groups excluding carboxylic acids is 1. The fourth-order valence-corrected chi connectivity index (χ4v) is 2.31. The number of aldehydes is 1. The molecule has 0 unspecified atom stereocenters. The summed E-state index contributed by atoms with van der Waals surface area (Å²) >= 11 is 1.41. The van der Waals surface area contributed by atoms with E-state index in [-0.39, 0.29) is 0 Å². The Balaban J connectivity index is 2.46. The van der Waals surface area contributed by atoms with Crippen molar-refractivity contribution in [1.82, 2.24) is 0 Å². The fourth-order valence-electron chi connectivity index (χ4n) is 1.51. The molecule has 1 aromatic carbocycles. The van der Waals surface area contributed by atoms with Gasteiger partial charge in [-0.2, -0.15) is 5.26 Å². The first kappa shape index (κ1) is 11.4. The molecule has 17 heavy (non-hydrogen) atoms. The number of nitrogens with zero attached hydrogens (tertiary/aromatic N) is 1. The van der Waals surface area contributed by atoms with Crippen LogP contribution in [0.15, 0.2) is 30.3 Å². The Morgan fingerprint density at radius 2 is 2.18 bits per heavy atom. The maximum absolute atomic E-state index is 10.8. The third-order valence-corrected chi connectivity index (χ3v) is 3.40. The Kier molecular flexibility index (Phi) is 3.22.